The highest BCUT2D eigenvalue weighted by Gasteiger charge is 2.72. The normalized spacial score (nSPS) is 39.2. The monoisotopic (exact) mass is 787 g/mol. The molecule has 3 N–H and O–H groups in total. The summed E-state index contributed by atoms with van der Waals surface area (Å²) in [6.45, 7) is 26.2. The average Bonchev–Trinajstić information content (AvgIpc) is 3.63. The van der Waals surface area contributed by atoms with E-state index in [1.54, 1.807) is 12.4 Å². The van der Waals surface area contributed by atoms with Crippen molar-refractivity contribution in [3.05, 3.63) is 47.8 Å². The van der Waals surface area contributed by atoms with E-state index in [4.69, 9.17) is 30.0 Å². The number of carbonyl (C=O) groups is 2. The van der Waals surface area contributed by atoms with E-state index < -0.39 is 28.8 Å². The maximum absolute atomic E-state index is 13.6. The largest absolute Gasteiger partial charge is 0.481 e. The molecule has 314 valence electrons. The van der Waals surface area contributed by atoms with Gasteiger partial charge >= 0.3 is 11.9 Å². The molecule has 7 rings (SSSR count). The minimum absolute atomic E-state index is 0.201. The first-order valence-corrected chi connectivity index (χ1v) is 21.5. The third-order valence-corrected chi connectivity index (χ3v) is 17.8. The molecule has 1 aromatic carbocycles. The van der Waals surface area contributed by atoms with Gasteiger partial charge in [0.2, 0.25) is 0 Å². The van der Waals surface area contributed by atoms with Crippen LogP contribution in [0.4, 0.5) is 0 Å². The number of carbonyl (C=O) groups excluding carboxylic acids is 1. The first-order valence-electron chi connectivity index (χ1n) is 21.5. The predicted octanol–water partition coefficient (Wildman–Crippen LogP) is 9.01. The van der Waals surface area contributed by atoms with Crippen LogP contribution in [-0.4, -0.2) is 70.4 Å². The van der Waals surface area contributed by atoms with Crippen LogP contribution < -0.4 is 5.73 Å². The lowest BCUT2D eigenvalue weighted by molar-refractivity contribution is -0.253. The van der Waals surface area contributed by atoms with Crippen molar-refractivity contribution < 1.29 is 28.9 Å². The van der Waals surface area contributed by atoms with E-state index in [0.29, 0.717) is 37.1 Å². The first kappa shape index (κ1) is 42.1. The van der Waals surface area contributed by atoms with Crippen LogP contribution in [0.3, 0.4) is 0 Å². The minimum atomic E-state index is -0.648. The predicted molar refractivity (Wildman–Crippen MR) is 221 cm³/mol. The highest BCUT2D eigenvalue weighted by atomic mass is 16.5. The zero-order chi connectivity index (χ0) is 41.7. The van der Waals surface area contributed by atoms with Gasteiger partial charge in [0.1, 0.15) is 6.33 Å². The SMILES string of the molecule is COC(=O)c1cccc(-c2ncnn2[C@@H]2C[C@@]34COC[C@](C)([C@@H]3CC[C@H]3C4=CC[C@@]4(C)[C@H](C(=O)O)[C@@](C)([C@H](C)C(C)C)CC[C@]34C)[C@H]2OC[C@](C)(N)C(C)(C)C)c1. The number of ether oxygens (including phenoxy) is 3. The molecule has 4 fully saturated rings. The van der Waals surface area contributed by atoms with Gasteiger partial charge in [-0.1, -0.05) is 93.0 Å². The Labute approximate surface area is 341 Å². The number of carboxylic acid groups (broad SMARTS) is 1. The van der Waals surface area contributed by atoms with Crippen molar-refractivity contribution in [3.8, 4) is 11.4 Å². The van der Waals surface area contributed by atoms with Crippen LogP contribution in [0.15, 0.2) is 42.2 Å². The summed E-state index contributed by atoms with van der Waals surface area (Å²) in [6.07, 6.45) is 9.22. The molecule has 10 heteroatoms. The number of methoxy groups -OCH3 is 1. The lowest BCUT2D eigenvalue weighted by Gasteiger charge is -2.71. The molecule has 57 heavy (non-hydrogen) atoms. The van der Waals surface area contributed by atoms with Crippen molar-refractivity contribution in [2.45, 2.75) is 132 Å². The summed E-state index contributed by atoms with van der Waals surface area (Å²) in [7, 11) is 1.39. The molecule has 2 heterocycles. The van der Waals surface area contributed by atoms with Gasteiger partial charge in [0, 0.05) is 21.9 Å². The van der Waals surface area contributed by atoms with Crippen LogP contribution in [0.1, 0.15) is 131 Å². The van der Waals surface area contributed by atoms with Crippen molar-refractivity contribution in [3.63, 3.8) is 0 Å². The number of aromatic nitrogens is 3. The van der Waals surface area contributed by atoms with E-state index in [0.717, 1.165) is 44.1 Å². The second-order valence-corrected chi connectivity index (χ2v) is 21.6. The zero-order valence-electron chi connectivity index (χ0n) is 36.8. The summed E-state index contributed by atoms with van der Waals surface area (Å²) in [6, 6.07) is 7.18. The standard InChI is InChI=1S/C47H70N4O6/c1-28(2)29(3)42(7)20-21-44(9)32-16-17-35-43(8)24-56-26-47(35,33(32)18-19-45(44,10)36(42)39(52)53)23-34(37(43)57-25-46(11,48)41(4,5)6)51-38(49-27-50-51)30-14-13-15-31(22-30)40(54)55-12/h13-15,18,22,27-29,32,34-37H,16-17,19-21,23-26,48H2,1-12H3,(H,52,53)/t29-,32+,34-,35+,36-,37+,42-,43-,44-,45+,46+,47+/m1/s1. The van der Waals surface area contributed by atoms with Gasteiger partial charge in [0.05, 0.1) is 50.6 Å². The topological polar surface area (TPSA) is 139 Å². The molecule has 2 aromatic rings. The van der Waals surface area contributed by atoms with Gasteiger partial charge in [-0.05, 0) is 103 Å². The van der Waals surface area contributed by atoms with Gasteiger partial charge < -0.3 is 25.1 Å². The highest BCUT2D eigenvalue weighted by Crippen LogP contribution is 2.75. The summed E-state index contributed by atoms with van der Waals surface area (Å²) >= 11 is 0. The number of esters is 1. The van der Waals surface area contributed by atoms with Gasteiger partial charge in [-0.25, -0.2) is 14.5 Å². The van der Waals surface area contributed by atoms with Gasteiger partial charge in [0.15, 0.2) is 5.82 Å². The maximum Gasteiger partial charge on any atom is 0.337 e. The van der Waals surface area contributed by atoms with Gasteiger partial charge in [-0.15, -0.1) is 0 Å². The van der Waals surface area contributed by atoms with Crippen LogP contribution in [-0.2, 0) is 19.0 Å². The molecule has 3 saturated carbocycles. The van der Waals surface area contributed by atoms with Gasteiger partial charge in [0.25, 0.3) is 0 Å². The number of nitrogens with two attached hydrogens (primary N) is 1. The third kappa shape index (κ3) is 6.10. The second-order valence-electron chi connectivity index (χ2n) is 21.6. The summed E-state index contributed by atoms with van der Waals surface area (Å²) in [5, 5.41) is 16.2. The smallest absolute Gasteiger partial charge is 0.337 e. The number of hydrogen-bond donors (Lipinski definition) is 2. The van der Waals surface area contributed by atoms with E-state index >= 15 is 0 Å². The molecular formula is C47H70N4O6. The Kier molecular flexibility index (Phi) is 10.3. The number of rotatable bonds is 9. The van der Waals surface area contributed by atoms with Crippen molar-refractivity contribution in [1.29, 1.82) is 0 Å². The van der Waals surface area contributed by atoms with Crippen molar-refractivity contribution in [1.82, 2.24) is 14.8 Å². The highest BCUT2D eigenvalue weighted by molar-refractivity contribution is 5.90. The van der Waals surface area contributed by atoms with Gasteiger partial charge in [-0.2, -0.15) is 5.10 Å². The molecule has 0 radical (unpaired) electrons. The molecule has 2 bridgehead atoms. The molecule has 4 aliphatic carbocycles. The molecule has 1 aromatic heterocycles. The Morgan fingerprint density at radius 3 is 2.42 bits per heavy atom. The molecule has 1 aliphatic heterocycles. The fraction of sp³-hybridized carbons (Fsp3) is 0.745. The van der Waals surface area contributed by atoms with Gasteiger partial charge in [-0.3, -0.25) is 4.79 Å². The summed E-state index contributed by atoms with van der Waals surface area (Å²) in [5.41, 5.74) is 7.31. The lowest BCUT2D eigenvalue weighted by Crippen LogP contribution is -2.69. The third-order valence-electron chi connectivity index (χ3n) is 17.8. The van der Waals surface area contributed by atoms with E-state index in [1.165, 1.54) is 12.7 Å². The van der Waals surface area contributed by atoms with Crippen molar-refractivity contribution in [2.24, 2.45) is 67.8 Å². The van der Waals surface area contributed by atoms with E-state index in [2.05, 4.69) is 82.2 Å². The van der Waals surface area contributed by atoms with E-state index in [1.807, 2.05) is 22.9 Å². The zero-order valence-corrected chi connectivity index (χ0v) is 36.8. The Bertz CT molecular complexity index is 1910. The number of benzene rings is 1. The molecule has 5 aliphatic rings. The van der Waals surface area contributed by atoms with Crippen molar-refractivity contribution >= 4 is 11.9 Å². The Morgan fingerprint density at radius 2 is 1.77 bits per heavy atom. The molecule has 10 nitrogen and oxygen atoms in total. The fourth-order valence-electron chi connectivity index (χ4n) is 13.2. The molecule has 1 saturated heterocycles. The Balaban J connectivity index is 1.36. The second kappa shape index (κ2) is 14.0. The lowest BCUT2D eigenvalue weighted by atomic mass is 9.34. The summed E-state index contributed by atoms with van der Waals surface area (Å²) < 4.78 is 21.2. The van der Waals surface area contributed by atoms with Crippen LogP contribution in [0, 0.1) is 62.1 Å². The van der Waals surface area contributed by atoms with E-state index in [9.17, 15) is 14.7 Å². The van der Waals surface area contributed by atoms with Crippen LogP contribution in [0.2, 0.25) is 0 Å². The Hall–Kier alpha value is -3.08. The minimum Gasteiger partial charge on any atom is -0.481 e. The molecule has 0 unspecified atom stereocenters. The number of fused-ring (bicyclic) bond motifs is 3. The molecule has 0 amide bonds. The quantitative estimate of drug-likeness (QED) is 0.188. The van der Waals surface area contributed by atoms with E-state index in [-0.39, 0.29) is 57.0 Å². The molecule has 0 spiro atoms. The Morgan fingerprint density at radius 1 is 1.05 bits per heavy atom. The number of aliphatic carboxylic acids is 1. The molecule has 12 atom stereocenters. The molecular weight excluding hydrogens is 717 g/mol. The fourth-order valence-corrected chi connectivity index (χ4v) is 13.2. The average molecular weight is 787 g/mol. The number of allylic oxidation sites excluding steroid dienone is 1. The van der Waals surface area contributed by atoms with Crippen LogP contribution in [0.25, 0.3) is 11.4 Å². The summed E-state index contributed by atoms with van der Waals surface area (Å²) in [5.74, 6) is 0.356. The summed E-state index contributed by atoms with van der Waals surface area (Å²) in [4.78, 5) is 31.1. The first-order chi connectivity index (χ1) is 26.5. The number of nitrogens with zero attached hydrogens (tertiary/aromatic N) is 3. The van der Waals surface area contributed by atoms with Crippen LogP contribution >= 0.6 is 0 Å². The van der Waals surface area contributed by atoms with Crippen LogP contribution in [0.5, 0.6) is 0 Å². The maximum atomic E-state index is 13.6. The number of carboxylic acids is 1. The van der Waals surface area contributed by atoms with Crippen molar-refractivity contribution in [2.75, 3.05) is 26.9 Å². The number of hydrogen-bond acceptors (Lipinski definition) is 8.